The van der Waals surface area contributed by atoms with E-state index in [-0.39, 0.29) is 5.78 Å². The molecule has 0 N–H and O–H groups in total. The van der Waals surface area contributed by atoms with Gasteiger partial charge in [-0.05, 0) is 19.1 Å². The van der Waals surface area contributed by atoms with E-state index < -0.39 is 5.60 Å². The summed E-state index contributed by atoms with van der Waals surface area (Å²) in [6.45, 7) is 1.75. The molecule has 1 aromatic rings. The fourth-order valence-corrected chi connectivity index (χ4v) is 1.58. The van der Waals surface area contributed by atoms with Crippen molar-refractivity contribution in [2.24, 2.45) is 0 Å². The molecule has 0 aliphatic carbocycles. The molecule has 1 atom stereocenters. The van der Waals surface area contributed by atoms with Gasteiger partial charge in [-0.3, -0.25) is 4.79 Å². The molecule has 1 aliphatic rings. The summed E-state index contributed by atoms with van der Waals surface area (Å²) in [6, 6.07) is 7.34. The zero-order valence-corrected chi connectivity index (χ0v) is 8.69. The predicted octanol–water partition coefficient (Wildman–Crippen LogP) is 2.02. The first-order chi connectivity index (χ1) is 7.16. The van der Waals surface area contributed by atoms with E-state index >= 15 is 0 Å². The van der Waals surface area contributed by atoms with Gasteiger partial charge < -0.3 is 9.47 Å². The van der Waals surface area contributed by atoms with Crippen LogP contribution < -0.4 is 4.74 Å². The summed E-state index contributed by atoms with van der Waals surface area (Å²) < 4.78 is 10.5. The summed E-state index contributed by atoms with van der Waals surface area (Å²) in [4.78, 5) is 11.6. The maximum Gasteiger partial charge on any atom is 0.206 e. The number of methoxy groups -OCH3 is 1. The molecule has 0 radical (unpaired) electrons. The Labute approximate surface area is 88.3 Å². The van der Waals surface area contributed by atoms with Crippen LogP contribution in [-0.4, -0.2) is 12.9 Å². The molecule has 0 fully saturated rings. The topological polar surface area (TPSA) is 35.5 Å². The first kappa shape index (κ1) is 9.77. The molecular formula is C12H12O3. The SMILES string of the molecule is COc1cccc(C2(C)OC=CC2=O)c1. The minimum absolute atomic E-state index is 0.0456. The molecule has 0 spiro atoms. The Morgan fingerprint density at radius 2 is 2.20 bits per heavy atom. The third-order valence-corrected chi connectivity index (χ3v) is 2.61. The quantitative estimate of drug-likeness (QED) is 0.739. The summed E-state index contributed by atoms with van der Waals surface area (Å²) in [6.07, 6.45) is 2.88. The van der Waals surface area contributed by atoms with Crippen LogP contribution in [0.5, 0.6) is 5.75 Å². The summed E-state index contributed by atoms with van der Waals surface area (Å²) in [5, 5.41) is 0. The van der Waals surface area contributed by atoms with Gasteiger partial charge in [-0.1, -0.05) is 12.1 Å². The van der Waals surface area contributed by atoms with Crippen LogP contribution in [0.3, 0.4) is 0 Å². The lowest BCUT2D eigenvalue weighted by Crippen LogP contribution is -2.29. The van der Waals surface area contributed by atoms with Crippen LogP contribution in [0.2, 0.25) is 0 Å². The van der Waals surface area contributed by atoms with Crippen molar-refractivity contribution >= 4 is 5.78 Å². The van der Waals surface area contributed by atoms with E-state index in [1.54, 1.807) is 14.0 Å². The van der Waals surface area contributed by atoms with Crippen LogP contribution in [0.15, 0.2) is 36.6 Å². The zero-order valence-electron chi connectivity index (χ0n) is 8.69. The predicted molar refractivity (Wildman–Crippen MR) is 55.6 cm³/mol. The second-order valence-electron chi connectivity index (χ2n) is 3.55. The Balaban J connectivity index is 2.41. The van der Waals surface area contributed by atoms with E-state index in [0.29, 0.717) is 0 Å². The monoisotopic (exact) mass is 204 g/mol. The molecule has 1 unspecified atom stereocenters. The molecule has 78 valence electrons. The number of hydrogen-bond donors (Lipinski definition) is 0. The molecular weight excluding hydrogens is 192 g/mol. The second-order valence-corrected chi connectivity index (χ2v) is 3.55. The van der Waals surface area contributed by atoms with Gasteiger partial charge in [-0.2, -0.15) is 0 Å². The van der Waals surface area contributed by atoms with Crippen molar-refractivity contribution in [3.8, 4) is 5.75 Å². The molecule has 1 aliphatic heterocycles. The van der Waals surface area contributed by atoms with Crippen LogP contribution in [0.25, 0.3) is 0 Å². The highest BCUT2D eigenvalue weighted by Crippen LogP contribution is 2.32. The second kappa shape index (κ2) is 3.42. The highest BCUT2D eigenvalue weighted by atomic mass is 16.5. The maximum absolute atomic E-state index is 11.6. The maximum atomic E-state index is 11.6. The normalized spacial score (nSPS) is 24.0. The molecule has 15 heavy (non-hydrogen) atoms. The van der Waals surface area contributed by atoms with Gasteiger partial charge in [0.2, 0.25) is 5.78 Å². The molecule has 2 rings (SSSR count). The van der Waals surface area contributed by atoms with Gasteiger partial charge in [0, 0.05) is 11.6 Å². The highest BCUT2D eigenvalue weighted by molar-refractivity contribution is 5.99. The number of ketones is 1. The Kier molecular flexibility index (Phi) is 2.23. The number of benzene rings is 1. The molecule has 0 aromatic heterocycles. The zero-order chi connectivity index (χ0) is 10.9. The van der Waals surface area contributed by atoms with Crippen LogP contribution in [0.4, 0.5) is 0 Å². The van der Waals surface area contributed by atoms with Crippen molar-refractivity contribution < 1.29 is 14.3 Å². The Hall–Kier alpha value is -1.77. The lowest BCUT2D eigenvalue weighted by Gasteiger charge is -2.22. The van der Waals surface area contributed by atoms with E-state index in [0.717, 1.165) is 11.3 Å². The standard InChI is InChI=1S/C12H12O3/c1-12(11(13)6-7-15-12)9-4-3-5-10(8-9)14-2/h3-8H,1-2H3. The van der Waals surface area contributed by atoms with Crippen LogP contribution >= 0.6 is 0 Å². The Bertz CT molecular complexity index is 423. The van der Waals surface area contributed by atoms with Crippen molar-refractivity contribution in [3.05, 3.63) is 42.2 Å². The number of carbonyl (C=O) groups is 1. The van der Waals surface area contributed by atoms with Gasteiger partial charge in [-0.15, -0.1) is 0 Å². The van der Waals surface area contributed by atoms with Gasteiger partial charge in [0.15, 0.2) is 5.60 Å². The fourth-order valence-electron chi connectivity index (χ4n) is 1.58. The Morgan fingerprint density at radius 3 is 2.80 bits per heavy atom. The smallest absolute Gasteiger partial charge is 0.206 e. The van der Waals surface area contributed by atoms with Crippen molar-refractivity contribution in [3.63, 3.8) is 0 Å². The van der Waals surface area contributed by atoms with Crippen LogP contribution in [-0.2, 0) is 15.1 Å². The van der Waals surface area contributed by atoms with Crippen molar-refractivity contribution in [1.29, 1.82) is 0 Å². The third kappa shape index (κ3) is 1.50. The summed E-state index contributed by atoms with van der Waals surface area (Å²) >= 11 is 0. The average Bonchev–Trinajstić information content (AvgIpc) is 2.61. The van der Waals surface area contributed by atoms with Gasteiger partial charge in [0.05, 0.1) is 13.4 Å². The molecule has 0 saturated carbocycles. The van der Waals surface area contributed by atoms with Crippen molar-refractivity contribution in [2.75, 3.05) is 7.11 Å². The first-order valence-corrected chi connectivity index (χ1v) is 4.70. The largest absolute Gasteiger partial charge is 0.497 e. The third-order valence-electron chi connectivity index (χ3n) is 2.61. The Morgan fingerprint density at radius 1 is 1.40 bits per heavy atom. The molecule has 1 aromatic carbocycles. The number of rotatable bonds is 2. The fraction of sp³-hybridized carbons (Fsp3) is 0.250. The lowest BCUT2D eigenvalue weighted by molar-refractivity contribution is -0.128. The summed E-state index contributed by atoms with van der Waals surface area (Å²) in [7, 11) is 1.59. The molecule has 0 bridgehead atoms. The molecule has 3 heteroatoms. The van der Waals surface area contributed by atoms with E-state index in [1.807, 2.05) is 24.3 Å². The van der Waals surface area contributed by atoms with E-state index in [2.05, 4.69) is 0 Å². The van der Waals surface area contributed by atoms with E-state index in [1.165, 1.54) is 12.3 Å². The van der Waals surface area contributed by atoms with Crippen molar-refractivity contribution in [2.45, 2.75) is 12.5 Å². The average molecular weight is 204 g/mol. The van der Waals surface area contributed by atoms with Crippen molar-refractivity contribution in [1.82, 2.24) is 0 Å². The van der Waals surface area contributed by atoms with Gasteiger partial charge >= 0.3 is 0 Å². The van der Waals surface area contributed by atoms with Gasteiger partial charge in [0.25, 0.3) is 0 Å². The molecule has 3 nitrogen and oxygen atoms in total. The van der Waals surface area contributed by atoms with Crippen LogP contribution in [0.1, 0.15) is 12.5 Å². The number of carbonyl (C=O) groups excluding carboxylic acids is 1. The van der Waals surface area contributed by atoms with Crippen LogP contribution in [0, 0.1) is 0 Å². The van der Waals surface area contributed by atoms with Gasteiger partial charge in [-0.25, -0.2) is 0 Å². The van der Waals surface area contributed by atoms with Gasteiger partial charge in [0.1, 0.15) is 5.75 Å². The summed E-state index contributed by atoms with van der Waals surface area (Å²) in [5.41, 5.74) is -0.0917. The molecule has 0 saturated heterocycles. The summed E-state index contributed by atoms with van der Waals surface area (Å²) in [5.74, 6) is 0.674. The molecule has 1 heterocycles. The minimum Gasteiger partial charge on any atom is -0.497 e. The van der Waals surface area contributed by atoms with E-state index in [9.17, 15) is 4.79 Å². The lowest BCUT2D eigenvalue weighted by atomic mass is 9.92. The first-order valence-electron chi connectivity index (χ1n) is 4.70. The highest BCUT2D eigenvalue weighted by Gasteiger charge is 2.38. The minimum atomic E-state index is -0.894. The number of ether oxygens (including phenoxy) is 2. The molecule has 0 amide bonds. The number of hydrogen-bond acceptors (Lipinski definition) is 3. The van der Waals surface area contributed by atoms with E-state index in [4.69, 9.17) is 9.47 Å².